The van der Waals surface area contributed by atoms with Gasteiger partial charge >= 0.3 is 12.2 Å². The zero-order chi connectivity index (χ0) is 14.8. The number of nitrogens with one attached hydrogen (secondary N) is 2. The van der Waals surface area contributed by atoms with Crippen LogP contribution in [0, 0.1) is 0 Å². The third-order valence-electron chi connectivity index (χ3n) is 3.07. The number of carbonyl (C=O) groups is 1. The minimum Gasteiger partial charge on any atom is -0.329 e. The van der Waals surface area contributed by atoms with Crippen molar-refractivity contribution < 1.29 is 18.0 Å². The Hall–Kier alpha value is -1.76. The number of amides is 2. The maximum Gasteiger partial charge on any atom is 0.405 e. The lowest BCUT2D eigenvalue weighted by Gasteiger charge is -2.25. The van der Waals surface area contributed by atoms with E-state index in [1.54, 1.807) is 12.1 Å². The molecule has 0 bridgehead atoms. The number of fused-ring (bicyclic) bond motifs is 1. The molecule has 4 nitrogen and oxygen atoms in total. The van der Waals surface area contributed by atoms with E-state index < -0.39 is 18.8 Å². The number of benzene rings is 1. The zero-order valence-electron chi connectivity index (χ0n) is 11.0. The van der Waals surface area contributed by atoms with Gasteiger partial charge < -0.3 is 10.6 Å². The normalized spacial score (nSPS) is 19.2. The average Bonchev–Trinajstić information content (AvgIpc) is 2.55. The van der Waals surface area contributed by atoms with Crippen molar-refractivity contribution in [2.24, 2.45) is 0 Å². The second kappa shape index (κ2) is 5.70. The van der Waals surface area contributed by atoms with Crippen LogP contribution in [0.1, 0.15) is 12.5 Å². The summed E-state index contributed by atoms with van der Waals surface area (Å²) >= 11 is 0. The number of halogens is 3. The van der Waals surface area contributed by atoms with Crippen LogP contribution in [0.5, 0.6) is 0 Å². The third-order valence-corrected chi connectivity index (χ3v) is 3.07. The first-order valence-electron chi connectivity index (χ1n) is 6.30. The molecule has 2 rings (SSSR count). The number of urea groups is 1. The van der Waals surface area contributed by atoms with Gasteiger partial charge in [0.05, 0.1) is 0 Å². The highest BCUT2D eigenvalue weighted by Gasteiger charge is 2.30. The second-order valence-electron chi connectivity index (χ2n) is 4.80. The Bertz CT molecular complexity index is 490. The Morgan fingerprint density at radius 3 is 2.85 bits per heavy atom. The summed E-state index contributed by atoms with van der Waals surface area (Å²) in [5, 5.41) is 5.13. The topological polar surface area (TPSA) is 44.4 Å². The first-order valence-corrected chi connectivity index (χ1v) is 6.30. The predicted molar refractivity (Wildman–Crippen MR) is 69.5 cm³/mol. The van der Waals surface area contributed by atoms with Crippen LogP contribution < -0.4 is 15.5 Å². The number of alkyl halides is 3. The van der Waals surface area contributed by atoms with E-state index in [0.29, 0.717) is 18.8 Å². The number of hydrogen-bond donors (Lipinski definition) is 2. The molecule has 1 aromatic carbocycles. The zero-order valence-corrected chi connectivity index (χ0v) is 11.0. The summed E-state index contributed by atoms with van der Waals surface area (Å²) in [6.07, 6.45) is -4.41. The fourth-order valence-corrected chi connectivity index (χ4v) is 2.11. The van der Waals surface area contributed by atoms with E-state index >= 15 is 0 Å². The number of anilines is 1. The van der Waals surface area contributed by atoms with Crippen molar-refractivity contribution in [1.82, 2.24) is 10.6 Å². The Morgan fingerprint density at radius 1 is 1.45 bits per heavy atom. The van der Waals surface area contributed by atoms with Gasteiger partial charge in [0.1, 0.15) is 6.54 Å². The van der Waals surface area contributed by atoms with E-state index in [9.17, 15) is 18.0 Å². The molecule has 0 radical (unpaired) electrons. The van der Waals surface area contributed by atoms with Crippen molar-refractivity contribution in [3.8, 4) is 0 Å². The van der Waals surface area contributed by atoms with Crippen molar-refractivity contribution in [1.29, 1.82) is 0 Å². The summed E-state index contributed by atoms with van der Waals surface area (Å²) in [6.45, 7) is 1.46. The quantitative estimate of drug-likeness (QED) is 0.832. The predicted octanol–water partition coefficient (Wildman–Crippen LogP) is 2.26. The lowest BCUT2D eigenvalue weighted by Crippen LogP contribution is -2.47. The molecule has 2 amide bonds. The molecule has 1 atom stereocenters. The lowest BCUT2D eigenvalue weighted by atomic mass is 10.1. The van der Waals surface area contributed by atoms with Crippen LogP contribution >= 0.6 is 0 Å². The van der Waals surface area contributed by atoms with Gasteiger partial charge in [0.15, 0.2) is 0 Å². The molecule has 1 heterocycles. The van der Waals surface area contributed by atoms with Gasteiger partial charge in [0.25, 0.3) is 0 Å². The SMILES string of the molecule is CC1CN(C(=O)NCC(F)(F)F)c2ccccc2CN1. The first-order chi connectivity index (χ1) is 9.37. The highest BCUT2D eigenvalue weighted by atomic mass is 19.4. The van der Waals surface area contributed by atoms with Gasteiger partial charge in [-0.1, -0.05) is 18.2 Å². The van der Waals surface area contributed by atoms with Gasteiger partial charge in [-0.25, -0.2) is 4.79 Å². The summed E-state index contributed by atoms with van der Waals surface area (Å²) in [7, 11) is 0. The first kappa shape index (κ1) is 14.6. The highest BCUT2D eigenvalue weighted by molar-refractivity contribution is 5.93. The molecule has 0 saturated carbocycles. The van der Waals surface area contributed by atoms with Crippen molar-refractivity contribution in [3.05, 3.63) is 29.8 Å². The molecule has 2 N–H and O–H groups in total. The minimum atomic E-state index is -4.41. The van der Waals surface area contributed by atoms with Crippen molar-refractivity contribution >= 4 is 11.7 Å². The van der Waals surface area contributed by atoms with Crippen LogP contribution in [-0.4, -0.2) is 31.3 Å². The maximum absolute atomic E-state index is 12.2. The molecule has 20 heavy (non-hydrogen) atoms. The highest BCUT2D eigenvalue weighted by Crippen LogP contribution is 2.23. The van der Waals surface area contributed by atoms with Gasteiger partial charge in [0.2, 0.25) is 0 Å². The molecular weight excluding hydrogens is 271 g/mol. The number of rotatable bonds is 1. The Morgan fingerprint density at radius 2 is 2.15 bits per heavy atom. The summed E-state index contributed by atoms with van der Waals surface area (Å²) in [5.41, 5.74) is 1.53. The summed E-state index contributed by atoms with van der Waals surface area (Å²) < 4.78 is 36.6. The van der Waals surface area contributed by atoms with Crippen LogP contribution in [0.3, 0.4) is 0 Å². The average molecular weight is 287 g/mol. The molecule has 0 saturated heterocycles. The minimum absolute atomic E-state index is 0.000892. The van der Waals surface area contributed by atoms with Gasteiger partial charge in [-0.3, -0.25) is 4.90 Å². The molecule has 7 heteroatoms. The smallest absolute Gasteiger partial charge is 0.329 e. The van der Waals surface area contributed by atoms with E-state index in [4.69, 9.17) is 0 Å². The molecule has 1 aliphatic heterocycles. The van der Waals surface area contributed by atoms with Crippen LogP contribution in [-0.2, 0) is 6.54 Å². The van der Waals surface area contributed by atoms with Gasteiger partial charge in [-0.05, 0) is 18.6 Å². The summed E-state index contributed by atoms with van der Waals surface area (Å²) in [4.78, 5) is 13.3. The summed E-state index contributed by atoms with van der Waals surface area (Å²) in [6, 6.07) is 6.46. The summed E-state index contributed by atoms with van der Waals surface area (Å²) in [5.74, 6) is 0. The van der Waals surface area contributed by atoms with Gasteiger partial charge in [-0.15, -0.1) is 0 Å². The fourth-order valence-electron chi connectivity index (χ4n) is 2.11. The van der Waals surface area contributed by atoms with Gasteiger partial charge in [0, 0.05) is 24.8 Å². The van der Waals surface area contributed by atoms with Crippen molar-refractivity contribution in [2.75, 3.05) is 18.0 Å². The fraction of sp³-hybridized carbons (Fsp3) is 0.462. The van der Waals surface area contributed by atoms with Crippen molar-refractivity contribution in [2.45, 2.75) is 25.7 Å². The Balaban J connectivity index is 2.18. The van der Waals surface area contributed by atoms with Crippen LogP contribution in [0.25, 0.3) is 0 Å². The second-order valence-corrected chi connectivity index (χ2v) is 4.80. The molecule has 1 aliphatic rings. The monoisotopic (exact) mass is 287 g/mol. The Kier molecular flexibility index (Phi) is 4.17. The third kappa shape index (κ3) is 3.63. The molecule has 1 unspecified atom stereocenters. The van der Waals surface area contributed by atoms with Crippen LogP contribution in [0.15, 0.2) is 24.3 Å². The number of hydrogen-bond acceptors (Lipinski definition) is 2. The standard InChI is InChI=1S/C13H16F3N3O/c1-9-7-19(12(20)18-8-13(14,15)16)11-5-3-2-4-10(11)6-17-9/h2-5,9,17H,6-8H2,1H3,(H,18,20). The molecule has 0 aliphatic carbocycles. The molecule has 1 aromatic rings. The number of carbonyl (C=O) groups excluding carboxylic acids is 1. The Labute approximate surface area is 114 Å². The van der Waals surface area contributed by atoms with E-state index in [0.717, 1.165) is 5.56 Å². The van der Waals surface area contributed by atoms with Crippen LogP contribution in [0.2, 0.25) is 0 Å². The number of nitrogens with zero attached hydrogens (tertiary/aromatic N) is 1. The van der Waals surface area contributed by atoms with E-state index in [2.05, 4.69) is 5.32 Å². The maximum atomic E-state index is 12.2. The molecule has 0 spiro atoms. The largest absolute Gasteiger partial charge is 0.405 e. The van der Waals surface area contributed by atoms with E-state index in [-0.39, 0.29) is 6.04 Å². The number of para-hydroxylation sites is 1. The van der Waals surface area contributed by atoms with Gasteiger partial charge in [-0.2, -0.15) is 13.2 Å². The molecule has 0 aromatic heterocycles. The van der Waals surface area contributed by atoms with E-state index in [1.807, 2.05) is 24.4 Å². The molecule has 110 valence electrons. The molecule has 0 fully saturated rings. The van der Waals surface area contributed by atoms with E-state index in [1.165, 1.54) is 4.90 Å². The van der Waals surface area contributed by atoms with Crippen molar-refractivity contribution in [3.63, 3.8) is 0 Å². The lowest BCUT2D eigenvalue weighted by molar-refractivity contribution is -0.122. The molecular formula is C13H16F3N3O. The van der Waals surface area contributed by atoms with Crippen LogP contribution in [0.4, 0.5) is 23.7 Å².